The molecule has 0 saturated heterocycles. The molecule has 0 bridgehead atoms. The second-order valence-corrected chi connectivity index (χ2v) is 10.2. The first kappa shape index (κ1) is 28.1. The standard InChI is InChI=1S/C20H36N4O3S.HI/c1-15(2)24(7)28(25,26)17-11-9-16(10-12-17)13-22-19(21-6)23-14-18(27-8)20(3,4)5;/h9-12,15,18H,13-14H2,1-8H3,(H2,21,22,23);1H. The van der Waals surface area contributed by atoms with E-state index in [1.165, 1.54) is 4.31 Å². The van der Waals surface area contributed by atoms with Crippen molar-refractivity contribution in [2.45, 2.75) is 58.2 Å². The Morgan fingerprint density at radius 3 is 2.14 bits per heavy atom. The van der Waals surface area contributed by atoms with Gasteiger partial charge in [-0.1, -0.05) is 32.9 Å². The third-order valence-electron chi connectivity index (χ3n) is 4.72. The number of methoxy groups -OCH3 is 1. The van der Waals surface area contributed by atoms with Gasteiger partial charge in [-0.05, 0) is 37.0 Å². The molecule has 7 nitrogen and oxygen atoms in total. The van der Waals surface area contributed by atoms with Crippen LogP contribution in [-0.4, -0.2) is 58.6 Å². The fourth-order valence-electron chi connectivity index (χ4n) is 2.56. The van der Waals surface area contributed by atoms with Gasteiger partial charge in [-0.25, -0.2) is 8.42 Å². The molecular weight excluding hydrogens is 503 g/mol. The Morgan fingerprint density at radius 2 is 1.72 bits per heavy atom. The smallest absolute Gasteiger partial charge is 0.243 e. The molecule has 0 aromatic heterocycles. The van der Waals surface area contributed by atoms with Crippen molar-refractivity contribution in [3.05, 3.63) is 29.8 Å². The Kier molecular flexibility index (Phi) is 11.7. The molecule has 0 aliphatic carbocycles. The van der Waals surface area contributed by atoms with Crippen LogP contribution in [0.4, 0.5) is 0 Å². The van der Waals surface area contributed by atoms with Gasteiger partial charge in [0.05, 0.1) is 11.0 Å². The van der Waals surface area contributed by atoms with E-state index in [4.69, 9.17) is 4.74 Å². The molecule has 2 N–H and O–H groups in total. The molecular formula is C20H37IN4O3S. The number of hydrogen-bond acceptors (Lipinski definition) is 4. The normalized spacial score (nSPS) is 13.9. The quantitative estimate of drug-likeness (QED) is 0.301. The van der Waals surface area contributed by atoms with Crippen molar-refractivity contribution in [3.63, 3.8) is 0 Å². The first-order chi connectivity index (χ1) is 12.9. The summed E-state index contributed by atoms with van der Waals surface area (Å²) in [7, 11) is 1.55. The van der Waals surface area contributed by atoms with E-state index in [0.29, 0.717) is 23.9 Å². The third-order valence-corrected chi connectivity index (χ3v) is 6.76. The average molecular weight is 541 g/mol. The fourth-order valence-corrected chi connectivity index (χ4v) is 3.93. The number of ether oxygens (including phenoxy) is 1. The number of nitrogens with zero attached hydrogens (tertiary/aromatic N) is 2. The van der Waals surface area contributed by atoms with Gasteiger partial charge in [-0.15, -0.1) is 24.0 Å². The maximum absolute atomic E-state index is 12.5. The Bertz CT molecular complexity index is 744. The Morgan fingerprint density at radius 1 is 1.17 bits per heavy atom. The molecule has 1 atom stereocenters. The van der Waals surface area contributed by atoms with Gasteiger partial charge in [-0.2, -0.15) is 4.31 Å². The molecule has 1 aromatic carbocycles. The van der Waals surface area contributed by atoms with Gasteiger partial charge in [0.25, 0.3) is 0 Å². The summed E-state index contributed by atoms with van der Waals surface area (Å²) in [5, 5.41) is 6.51. The summed E-state index contributed by atoms with van der Waals surface area (Å²) < 4.78 is 32.0. The molecule has 0 aliphatic rings. The second-order valence-electron chi connectivity index (χ2n) is 8.16. The van der Waals surface area contributed by atoms with Gasteiger partial charge in [-0.3, -0.25) is 4.99 Å². The molecule has 0 heterocycles. The second kappa shape index (κ2) is 12.1. The molecule has 0 fully saturated rings. The van der Waals surface area contributed by atoms with E-state index in [9.17, 15) is 8.42 Å². The highest BCUT2D eigenvalue weighted by atomic mass is 127. The van der Waals surface area contributed by atoms with Crippen LogP contribution in [0.25, 0.3) is 0 Å². The third kappa shape index (κ3) is 8.39. The summed E-state index contributed by atoms with van der Waals surface area (Å²) in [6.07, 6.45) is 0.0495. The lowest BCUT2D eigenvalue weighted by Crippen LogP contribution is -2.45. The summed E-state index contributed by atoms with van der Waals surface area (Å²) in [5.74, 6) is 0.669. The van der Waals surface area contributed by atoms with Crippen LogP contribution >= 0.6 is 24.0 Å². The van der Waals surface area contributed by atoms with E-state index in [0.717, 1.165) is 5.56 Å². The monoisotopic (exact) mass is 540 g/mol. The highest BCUT2D eigenvalue weighted by Crippen LogP contribution is 2.21. The summed E-state index contributed by atoms with van der Waals surface area (Å²) in [4.78, 5) is 4.52. The van der Waals surface area contributed by atoms with Gasteiger partial charge < -0.3 is 15.4 Å². The van der Waals surface area contributed by atoms with E-state index < -0.39 is 10.0 Å². The number of halogens is 1. The first-order valence-electron chi connectivity index (χ1n) is 9.47. The molecule has 0 amide bonds. The predicted molar refractivity (Wildman–Crippen MR) is 130 cm³/mol. The lowest BCUT2D eigenvalue weighted by atomic mass is 9.89. The van der Waals surface area contributed by atoms with E-state index in [1.54, 1.807) is 33.3 Å². The molecule has 168 valence electrons. The van der Waals surface area contributed by atoms with Gasteiger partial charge in [0.2, 0.25) is 10.0 Å². The highest BCUT2D eigenvalue weighted by molar-refractivity contribution is 14.0. The number of hydrogen-bond donors (Lipinski definition) is 2. The Hall–Kier alpha value is -0.910. The number of nitrogens with one attached hydrogen (secondary N) is 2. The predicted octanol–water partition coefficient (Wildman–Crippen LogP) is 3.06. The van der Waals surface area contributed by atoms with Crippen molar-refractivity contribution >= 4 is 40.0 Å². The molecule has 0 saturated carbocycles. The van der Waals surface area contributed by atoms with Gasteiger partial charge in [0.15, 0.2) is 5.96 Å². The largest absolute Gasteiger partial charge is 0.379 e. The molecule has 1 aromatic rings. The Labute approximate surface area is 193 Å². The van der Waals surface area contributed by atoms with Crippen molar-refractivity contribution in [3.8, 4) is 0 Å². The van der Waals surface area contributed by atoms with Crippen LogP contribution in [0.5, 0.6) is 0 Å². The number of rotatable bonds is 8. The zero-order valence-electron chi connectivity index (χ0n) is 18.8. The summed E-state index contributed by atoms with van der Waals surface area (Å²) in [6, 6.07) is 6.82. The number of aliphatic imine (C=N–C) groups is 1. The molecule has 1 rings (SSSR count). The first-order valence-corrected chi connectivity index (χ1v) is 10.9. The average Bonchev–Trinajstić information content (AvgIpc) is 2.63. The van der Waals surface area contributed by atoms with Gasteiger partial charge >= 0.3 is 0 Å². The van der Waals surface area contributed by atoms with Crippen molar-refractivity contribution in [2.24, 2.45) is 10.4 Å². The minimum atomic E-state index is -3.46. The van der Waals surface area contributed by atoms with E-state index in [-0.39, 0.29) is 41.5 Å². The molecule has 1 unspecified atom stereocenters. The molecule has 29 heavy (non-hydrogen) atoms. The molecule has 0 aliphatic heterocycles. The number of sulfonamides is 1. The summed E-state index contributed by atoms with van der Waals surface area (Å²) in [6.45, 7) is 11.3. The minimum absolute atomic E-state index is 0. The Balaban J connectivity index is 0.00000784. The van der Waals surface area contributed by atoms with Crippen LogP contribution in [0.2, 0.25) is 0 Å². The van der Waals surface area contributed by atoms with Crippen LogP contribution in [0, 0.1) is 5.41 Å². The zero-order chi connectivity index (χ0) is 21.5. The lowest BCUT2D eigenvalue weighted by molar-refractivity contribution is 0.0205. The fraction of sp³-hybridized carbons (Fsp3) is 0.650. The van der Waals surface area contributed by atoms with E-state index >= 15 is 0 Å². The van der Waals surface area contributed by atoms with E-state index in [1.807, 2.05) is 26.0 Å². The van der Waals surface area contributed by atoms with Crippen LogP contribution < -0.4 is 10.6 Å². The SMILES string of the molecule is CN=C(NCc1ccc(S(=O)(=O)N(C)C(C)C)cc1)NCC(OC)C(C)(C)C.I. The van der Waals surface area contributed by atoms with Gasteiger partial charge in [0.1, 0.15) is 0 Å². The highest BCUT2D eigenvalue weighted by Gasteiger charge is 2.24. The van der Waals surface area contributed by atoms with Crippen molar-refractivity contribution in [1.29, 1.82) is 0 Å². The summed E-state index contributed by atoms with van der Waals surface area (Å²) >= 11 is 0. The van der Waals surface area contributed by atoms with Crippen LogP contribution in [0.3, 0.4) is 0 Å². The zero-order valence-corrected chi connectivity index (χ0v) is 22.0. The number of benzene rings is 1. The van der Waals surface area contributed by atoms with Crippen LogP contribution in [0.15, 0.2) is 34.2 Å². The lowest BCUT2D eigenvalue weighted by Gasteiger charge is -2.30. The van der Waals surface area contributed by atoms with Crippen molar-refractivity contribution < 1.29 is 13.2 Å². The van der Waals surface area contributed by atoms with Gasteiger partial charge in [0, 0.05) is 40.3 Å². The maximum atomic E-state index is 12.5. The molecule has 0 spiro atoms. The van der Waals surface area contributed by atoms with E-state index in [2.05, 4.69) is 36.4 Å². The summed E-state index contributed by atoms with van der Waals surface area (Å²) in [5.41, 5.74) is 0.985. The molecule has 0 radical (unpaired) electrons. The van der Waals surface area contributed by atoms with Crippen LogP contribution in [0.1, 0.15) is 40.2 Å². The van der Waals surface area contributed by atoms with Crippen LogP contribution in [-0.2, 0) is 21.3 Å². The van der Waals surface area contributed by atoms with Crippen molar-refractivity contribution in [2.75, 3.05) is 27.7 Å². The minimum Gasteiger partial charge on any atom is -0.379 e. The molecule has 9 heteroatoms. The number of guanidine groups is 1. The maximum Gasteiger partial charge on any atom is 0.243 e. The van der Waals surface area contributed by atoms with Crippen molar-refractivity contribution in [1.82, 2.24) is 14.9 Å². The topological polar surface area (TPSA) is 83.0 Å².